The number of nitrogens with one attached hydrogen (secondary N) is 1. The van der Waals surface area contributed by atoms with Crippen molar-refractivity contribution in [2.75, 3.05) is 6.54 Å². The van der Waals surface area contributed by atoms with E-state index in [-0.39, 0.29) is 0 Å². The summed E-state index contributed by atoms with van der Waals surface area (Å²) in [5.41, 5.74) is 2.64. The molecule has 2 rings (SSSR count). The highest BCUT2D eigenvalue weighted by Crippen LogP contribution is 2.22. The molecular weight excluding hydrogens is 276 g/mol. The van der Waals surface area contributed by atoms with Gasteiger partial charge in [0.1, 0.15) is 0 Å². The van der Waals surface area contributed by atoms with E-state index in [1.54, 1.807) is 18.3 Å². The highest BCUT2D eigenvalue weighted by Gasteiger charge is 2.15. The quantitative estimate of drug-likeness (QED) is 0.823. The summed E-state index contributed by atoms with van der Waals surface area (Å²) in [6.07, 6.45) is 3.71. The SMILES string of the molecule is CC(C)C(CNCc1ccc(C(=O)O)cc1)c1cccnc1. The van der Waals surface area contributed by atoms with Crippen molar-refractivity contribution in [1.82, 2.24) is 10.3 Å². The number of aromatic carboxylic acids is 1. The number of benzene rings is 1. The highest BCUT2D eigenvalue weighted by atomic mass is 16.4. The molecule has 0 fully saturated rings. The first-order valence-corrected chi connectivity index (χ1v) is 7.51. The van der Waals surface area contributed by atoms with Crippen molar-refractivity contribution in [2.24, 2.45) is 5.92 Å². The highest BCUT2D eigenvalue weighted by molar-refractivity contribution is 5.87. The Bertz CT molecular complexity index is 594. The summed E-state index contributed by atoms with van der Waals surface area (Å²) >= 11 is 0. The molecule has 22 heavy (non-hydrogen) atoms. The maximum absolute atomic E-state index is 10.8. The number of hydrogen-bond acceptors (Lipinski definition) is 3. The van der Waals surface area contributed by atoms with Crippen LogP contribution in [-0.4, -0.2) is 22.6 Å². The molecule has 1 aromatic carbocycles. The molecule has 0 spiro atoms. The molecule has 0 radical (unpaired) electrons. The predicted molar refractivity (Wildman–Crippen MR) is 86.9 cm³/mol. The van der Waals surface area contributed by atoms with E-state index in [9.17, 15) is 4.79 Å². The Kier molecular flexibility index (Phi) is 5.67. The van der Waals surface area contributed by atoms with Crippen LogP contribution in [0.4, 0.5) is 0 Å². The van der Waals surface area contributed by atoms with Crippen LogP contribution in [0.5, 0.6) is 0 Å². The summed E-state index contributed by atoms with van der Waals surface area (Å²) in [7, 11) is 0. The van der Waals surface area contributed by atoms with Gasteiger partial charge in [-0.1, -0.05) is 32.0 Å². The van der Waals surface area contributed by atoms with Gasteiger partial charge in [0.25, 0.3) is 0 Å². The molecule has 0 saturated carbocycles. The van der Waals surface area contributed by atoms with E-state index in [1.807, 2.05) is 24.4 Å². The molecular formula is C18H22N2O2. The van der Waals surface area contributed by atoms with Crippen molar-refractivity contribution in [3.63, 3.8) is 0 Å². The van der Waals surface area contributed by atoms with Gasteiger partial charge in [0.05, 0.1) is 5.56 Å². The molecule has 4 nitrogen and oxygen atoms in total. The van der Waals surface area contributed by atoms with Gasteiger partial charge < -0.3 is 10.4 Å². The summed E-state index contributed by atoms with van der Waals surface area (Å²) < 4.78 is 0. The topological polar surface area (TPSA) is 62.2 Å². The van der Waals surface area contributed by atoms with Gasteiger partial charge in [-0.05, 0) is 35.2 Å². The molecule has 1 unspecified atom stereocenters. The third kappa shape index (κ3) is 4.40. The Morgan fingerprint density at radius 1 is 1.23 bits per heavy atom. The van der Waals surface area contributed by atoms with E-state index in [0.717, 1.165) is 18.7 Å². The third-order valence-electron chi connectivity index (χ3n) is 3.81. The molecule has 0 aliphatic rings. The fourth-order valence-corrected chi connectivity index (χ4v) is 2.47. The lowest BCUT2D eigenvalue weighted by molar-refractivity contribution is 0.0697. The van der Waals surface area contributed by atoms with Crippen molar-refractivity contribution < 1.29 is 9.90 Å². The number of rotatable bonds is 7. The first-order chi connectivity index (χ1) is 10.6. The average Bonchev–Trinajstić information content (AvgIpc) is 2.52. The predicted octanol–water partition coefficient (Wildman–Crippen LogP) is 3.31. The second-order valence-electron chi connectivity index (χ2n) is 5.77. The molecule has 0 saturated heterocycles. The largest absolute Gasteiger partial charge is 0.478 e. The zero-order valence-corrected chi connectivity index (χ0v) is 13.0. The van der Waals surface area contributed by atoms with E-state index in [2.05, 4.69) is 30.2 Å². The number of hydrogen-bond donors (Lipinski definition) is 2. The van der Waals surface area contributed by atoms with Gasteiger partial charge in [-0.2, -0.15) is 0 Å². The summed E-state index contributed by atoms with van der Waals surface area (Å²) in [6, 6.07) is 11.1. The smallest absolute Gasteiger partial charge is 0.335 e. The van der Waals surface area contributed by atoms with Crippen molar-refractivity contribution in [2.45, 2.75) is 26.3 Å². The van der Waals surface area contributed by atoms with Gasteiger partial charge in [-0.3, -0.25) is 4.98 Å². The van der Waals surface area contributed by atoms with Crippen molar-refractivity contribution >= 4 is 5.97 Å². The van der Waals surface area contributed by atoms with E-state index in [0.29, 0.717) is 17.4 Å². The molecule has 0 bridgehead atoms. The van der Waals surface area contributed by atoms with Crippen LogP contribution in [0.2, 0.25) is 0 Å². The zero-order valence-electron chi connectivity index (χ0n) is 13.0. The monoisotopic (exact) mass is 298 g/mol. The fourth-order valence-electron chi connectivity index (χ4n) is 2.47. The van der Waals surface area contributed by atoms with Gasteiger partial charge in [-0.25, -0.2) is 4.79 Å². The third-order valence-corrected chi connectivity index (χ3v) is 3.81. The number of nitrogens with zero attached hydrogens (tertiary/aromatic N) is 1. The minimum absolute atomic E-state index is 0.319. The van der Waals surface area contributed by atoms with Crippen LogP contribution in [0.1, 0.15) is 41.3 Å². The molecule has 4 heteroatoms. The van der Waals surface area contributed by atoms with Gasteiger partial charge in [-0.15, -0.1) is 0 Å². The van der Waals surface area contributed by atoms with Gasteiger partial charge >= 0.3 is 5.97 Å². The lowest BCUT2D eigenvalue weighted by Crippen LogP contribution is -2.24. The maximum atomic E-state index is 10.8. The molecule has 116 valence electrons. The summed E-state index contributed by atoms with van der Waals surface area (Å²) in [4.78, 5) is 15.0. The van der Waals surface area contributed by atoms with Crippen molar-refractivity contribution in [3.05, 3.63) is 65.5 Å². The minimum Gasteiger partial charge on any atom is -0.478 e. The summed E-state index contributed by atoms with van der Waals surface area (Å²) in [5, 5.41) is 12.3. The van der Waals surface area contributed by atoms with Crippen LogP contribution < -0.4 is 5.32 Å². The number of carboxylic acid groups (broad SMARTS) is 1. The zero-order chi connectivity index (χ0) is 15.9. The molecule has 0 aliphatic heterocycles. The minimum atomic E-state index is -0.893. The number of aromatic nitrogens is 1. The molecule has 2 N–H and O–H groups in total. The Morgan fingerprint density at radius 2 is 1.95 bits per heavy atom. The van der Waals surface area contributed by atoms with Crippen molar-refractivity contribution in [3.8, 4) is 0 Å². The standard InChI is InChI=1S/C18H22N2O2/c1-13(2)17(16-4-3-9-19-11-16)12-20-10-14-5-7-15(8-6-14)18(21)22/h3-9,11,13,17,20H,10,12H2,1-2H3,(H,21,22). The number of pyridine rings is 1. The normalized spacial score (nSPS) is 12.3. The fraction of sp³-hybridized carbons (Fsp3) is 0.333. The van der Waals surface area contributed by atoms with E-state index < -0.39 is 5.97 Å². The molecule has 2 aromatic rings. The molecule has 0 amide bonds. The Labute approximate surface area is 131 Å². The Morgan fingerprint density at radius 3 is 2.50 bits per heavy atom. The first-order valence-electron chi connectivity index (χ1n) is 7.51. The summed E-state index contributed by atoms with van der Waals surface area (Å²) in [5.74, 6) is 0.0361. The molecule has 1 heterocycles. The van der Waals surface area contributed by atoms with Crippen LogP contribution in [0.3, 0.4) is 0 Å². The second-order valence-corrected chi connectivity index (χ2v) is 5.77. The van der Waals surface area contributed by atoms with E-state index >= 15 is 0 Å². The Hall–Kier alpha value is -2.20. The van der Waals surface area contributed by atoms with Gasteiger partial charge in [0, 0.05) is 31.4 Å². The van der Waals surface area contributed by atoms with Crippen LogP contribution in [0.15, 0.2) is 48.8 Å². The lowest BCUT2D eigenvalue weighted by Gasteiger charge is -2.21. The molecule has 1 atom stereocenters. The number of carbonyl (C=O) groups is 1. The van der Waals surface area contributed by atoms with Crippen LogP contribution in [0.25, 0.3) is 0 Å². The van der Waals surface area contributed by atoms with Crippen LogP contribution in [0, 0.1) is 5.92 Å². The van der Waals surface area contributed by atoms with Gasteiger partial charge in [0.2, 0.25) is 0 Å². The maximum Gasteiger partial charge on any atom is 0.335 e. The average molecular weight is 298 g/mol. The second kappa shape index (κ2) is 7.71. The molecule has 0 aliphatic carbocycles. The lowest BCUT2D eigenvalue weighted by atomic mass is 9.89. The van der Waals surface area contributed by atoms with Gasteiger partial charge in [0.15, 0.2) is 0 Å². The van der Waals surface area contributed by atoms with Crippen LogP contribution in [-0.2, 0) is 6.54 Å². The van der Waals surface area contributed by atoms with E-state index in [4.69, 9.17) is 5.11 Å². The van der Waals surface area contributed by atoms with Crippen LogP contribution >= 0.6 is 0 Å². The first kappa shape index (κ1) is 16.2. The van der Waals surface area contributed by atoms with Crippen molar-refractivity contribution in [1.29, 1.82) is 0 Å². The van der Waals surface area contributed by atoms with E-state index in [1.165, 1.54) is 5.56 Å². The number of carboxylic acids is 1. The summed E-state index contributed by atoms with van der Waals surface area (Å²) in [6.45, 7) is 6.01. The molecule has 1 aromatic heterocycles. The Balaban J connectivity index is 1.92.